The SMILES string of the molecule is CSN1CCc2cccc(Nc3nc(Cl)nc4ncn(C)c34)c21. The molecule has 23 heavy (non-hydrogen) atoms. The van der Waals surface area contributed by atoms with E-state index in [1.54, 1.807) is 18.3 Å². The molecule has 0 radical (unpaired) electrons. The molecule has 1 aliphatic heterocycles. The van der Waals surface area contributed by atoms with Gasteiger partial charge in [0.15, 0.2) is 11.5 Å². The second kappa shape index (κ2) is 5.58. The minimum absolute atomic E-state index is 0.188. The van der Waals surface area contributed by atoms with E-state index in [9.17, 15) is 0 Å². The number of hydrogen-bond donors (Lipinski definition) is 1. The molecule has 0 unspecified atom stereocenters. The number of halogens is 1. The molecule has 8 heteroatoms. The highest BCUT2D eigenvalue weighted by molar-refractivity contribution is 8.00. The summed E-state index contributed by atoms with van der Waals surface area (Å²) in [7, 11) is 1.92. The van der Waals surface area contributed by atoms with Gasteiger partial charge in [0.25, 0.3) is 0 Å². The number of hydrogen-bond acceptors (Lipinski definition) is 6. The zero-order valence-corrected chi connectivity index (χ0v) is 14.3. The minimum Gasteiger partial charge on any atom is -0.337 e. The van der Waals surface area contributed by atoms with Gasteiger partial charge >= 0.3 is 0 Å². The first kappa shape index (κ1) is 14.6. The number of aryl methyl sites for hydroxylation is 1. The molecular formula is C15H15ClN6S. The molecule has 0 amide bonds. The highest BCUT2D eigenvalue weighted by atomic mass is 35.5. The van der Waals surface area contributed by atoms with Gasteiger partial charge in [0, 0.05) is 19.8 Å². The van der Waals surface area contributed by atoms with E-state index >= 15 is 0 Å². The summed E-state index contributed by atoms with van der Waals surface area (Å²) in [5.74, 6) is 0.668. The molecule has 0 saturated heterocycles. The summed E-state index contributed by atoms with van der Waals surface area (Å²) in [5.41, 5.74) is 4.99. The lowest BCUT2D eigenvalue weighted by molar-refractivity contribution is 0.945. The average Bonchev–Trinajstić information content (AvgIpc) is 3.11. The van der Waals surface area contributed by atoms with Crippen LogP contribution in [0.15, 0.2) is 24.5 Å². The van der Waals surface area contributed by atoms with E-state index in [-0.39, 0.29) is 5.28 Å². The van der Waals surface area contributed by atoms with E-state index in [2.05, 4.69) is 49.0 Å². The van der Waals surface area contributed by atoms with E-state index in [4.69, 9.17) is 11.6 Å². The van der Waals surface area contributed by atoms with Crippen molar-refractivity contribution in [3.8, 4) is 0 Å². The summed E-state index contributed by atoms with van der Waals surface area (Å²) in [6, 6.07) is 6.29. The zero-order chi connectivity index (χ0) is 16.0. The van der Waals surface area contributed by atoms with Crippen LogP contribution >= 0.6 is 23.5 Å². The molecule has 0 saturated carbocycles. The molecule has 0 spiro atoms. The summed E-state index contributed by atoms with van der Waals surface area (Å²) >= 11 is 7.77. The molecule has 0 atom stereocenters. The Bertz CT molecular complexity index is 893. The van der Waals surface area contributed by atoms with Crippen molar-refractivity contribution in [3.05, 3.63) is 35.4 Å². The van der Waals surface area contributed by atoms with Gasteiger partial charge in [-0.15, -0.1) is 0 Å². The Morgan fingerprint density at radius 2 is 2.17 bits per heavy atom. The molecule has 4 rings (SSSR count). The van der Waals surface area contributed by atoms with Gasteiger partial charge in [0.05, 0.1) is 17.7 Å². The van der Waals surface area contributed by atoms with Crippen LogP contribution < -0.4 is 9.62 Å². The maximum atomic E-state index is 6.05. The van der Waals surface area contributed by atoms with Gasteiger partial charge in [0.2, 0.25) is 5.28 Å². The number of anilines is 3. The summed E-state index contributed by atoms with van der Waals surface area (Å²) in [6.07, 6.45) is 4.86. The quantitative estimate of drug-likeness (QED) is 0.579. The maximum absolute atomic E-state index is 6.05. The topological polar surface area (TPSA) is 58.9 Å². The van der Waals surface area contributed by atoms with Crippen LogP contribution in [0.3, 0.4) is 0 Å². The van der Waals surface area contributed by atoms with Crippen LogP contribution in [0.25, 0.3) is 11.2 Å². The van der Waals surface area contributed by atoms with E-state index in [1.807, 2.05) is 11.6 Å². The Balaban J connectivity index is 1.84. The lowest BCUT2D eigenvalue weighted by atomic mass is 10.1. The van der Waals surface area contributed by atoms with Gasteiger partial charge in [-0.25, -0.2) is 4.98 Å². The van der Waals surface area contributed by atoms with Crippen molar-refractivity contribution in [1.29, 1.82) is 0 Å². The lowest BCUT2D eigenvalue weighted by Crippen LogP contribution is -2.11. The number of nitrogens with zero attached hydrogens (tertiary/aromatic N) is 5. The van der Waals surface area contributed by atoms with Crippen molar-refractivity contribution in [2.24, 2.45) is 7.05 Å². The van der Waals surface area contributed by atoms with Crippen LogP contribution in [0, 0.1) is 0 Å². The van der Waals surface area contributed by atoms with Crippen LogP contribution in [-0.2, 0) is 13.5 Å². The van der Waals surface area contributed by atoms with Crippen LogP contribution in [0.1, 0.15) is 5.56 Å². The standard InChI is InChI=1S/C15H15ClN6S/c1-21-8-17-13-12(21)14(20-15(16)19-13)18-10-5-3-4-9-6-7-22(23-2)11(9)10/h3-5,8H,6-7H2,1-2H3,(H,18,19,20). The molecular weight excluding hydrogens is 332 g/mol. The van der Waals surface area contributed by atoms with Crippen LogP contribution in [-0.4, -0.2) is 32.3 Å². The second-order valence-electron chi connectivity index (χ2n) is 5.34. The first-order chi connectivity index (χ1) is 11.2. The third-order valence-corrected chi connectivity index (χ3v) is 4.95. The number of nitrogens with one attached hydrogen (secondary N) is 1. The van der Waals surface area contributed by atoms with Crippen molar-refractivity contribution in [1.82, 2.24) is 19.5 Å². The molecule has 1 aliphatic rings. The van der Waals surface area contributed by atoms with Crippen molar-refractivity contribution >= 4 is 51.9 Å². The fourth-order valence-electron chi connectivity index (χ4n) is 2.95. The lowest BCUT2D eigenvalue weighted by Gasteiger charge is -2.19. The van der Waals surface area contributed by atoms with Gasteiger partial charge < -0.3 is 14.2 Å². The molecule has 2 aromatic heterocycles. The Hall–Kier alpha value is -1.99. The highest BCUT2D eigenvalue weighted by Gasteiger charge is 2.23. The van der Waals surface area contributed by atoms with Crippen molar-refractivity contribution < 1.29 is 0 Å². The van der Waals surface area contributed by atoms with E-state index in [0.29, 0.717) is 11.5 Å². The predicted octanol–water partition coefficient (Wildman–Crippen LogP) is 3.40. The van der Waals surface area contributed by atoms with E-state index in [0.717, 1.165) is 24.2 Å². The van der Waals surface area contributed by atoms with Gasteiger partial charge in [-0.2, -0.15) is 9.97 Å². The summed E-state index contributed by atoms with van der Waals surface area (Å²) in [6.45, 7) is 1.01. The van der Waals surface area contributed by atoms with Gasteiger partial charge in [-0.3, -0.25) is 0 Å². The summed E-state index contributed by atoms with van der Waals surface area (Å²) in [4.78, 5) is 12.8. The maximum Gasteiger partial charge on any atom is 0.226 e. The van der Waals surface area contributed by atoms with Crippen LogP contribution in [0.4, 0.5) is 17.2 Å². The predicted molar refractivity (Wildman–Crippen MR) is 95.6 cm³/mol. The number of rotatable bonds is 3. The molecule has 0 fully saturated rings. The fraction of sp³-hybridized carbons (Fsp3) is 0.267. The number of benzene rings is 1. The van der Waals surface area contributed by atoms with Gasteiger partial charge in [0.1, 0.15) is 5.52 Å². The first-order valence-electron chi connectivity index (χ1n) is 7.22. The molecule has 3 aromatic rings. The molecule has 1 N–H and O–H groups in total. The number of fused-ring (bicyclic) bond motifs is 2. The largest absolute Gasteiger partial charge is 0.337 e. The molecule has 6 nitrogen and oxygen atoms in total. The minimum atomic E-state index is 0.188. The Morgan fingerprint density at radius 1 is 1.30 bits per heavy atom. The molecule has 1 aromatic carbocycles. The molecule has 118 valence electrons. The Kier molecular flexibility index (Phi) is 3.54. The third kappa shape index (κ3) is 2.40. The molecule has 0 bridgehead atoms. The third-order valence-electron chi connectivity index (χ3n) is 3.97. The molecule has 0 aliphatic carbocycles. The van der Waals surface area contributed by atoms with Crippen molar-refractivity contribution in [2.45, 2.75) is 6.42 Å². The Labute approximate surface area is 143 Å². The van der Waals surface area contributed by atoms with Crippen LogP contribution in [0.5, 0.6) is 0 Å². The second-order valence-corrected chi connectivity index (χ2v) is 6.49. The number of para-hydroxylation sites is 1. The number of aromatic nitrogens is 4. The zero-order valence-electron chi connectivity index (χ0n) is 12.7. The first-order valence-corrected chi connectivity index (χ1v) is 8.78. The van der Waals surface area contributed by atoms with Crippen LogP contribution in [0.2, 0.25) is 5.28 Å². The van der Waals surface area contributed by atoms with E-state index < -0.39 is 0 Å². The van der Waals surface area contributed by atoms with Crippen molar-refractivity contribution in [2.75, 3.05) is 22.4 Å². The average molecular weight is 347 g/mol. The van der Waals surface area contributed by atoms with Gasteiger partial charge in [-0.1, -0.05) is 24.1 Å². The van der Waals surface area contributed by atoms with E-state index in [1.165, 1.54) is 11.3 Å². The normalized spacial score (nSPS) is 13.6. The number of imidazole rings is 1. The smallest absolute Gasteiger partial charge is 0.226 e. The summed E-state index contributed by atoms with van der Waals surface area (Å²) in [5, 5.41) is 3.62. The Morgan fingerprint density at radius 3 is 3.00 bits per heavy atom. The fourth-order valence-corrected chi connectivity index (χ4v) is 3.79. The highest BCUT2D eigenvalue weighted by Crippen LogP contribution is 2.40. The molecule has 3 heterocycles. The van der Waals surface area contributed by atoms with Crippen molar-refractivity contribution in [3.63, 3.8) is 0 Å². The van der Waals surface area contributed by atoms with Gasteiger partial charge in [-0.05, 0) is 29.7 Å². The summed E-state index contributed by atoms with van der Waals surface area (Å²) < 4.78 is 4.18. The monoisotopic (exact) mass is 346 g/mol.